The summed E-state index contributed by atoms with van der Waals surface area (Å²) in [6, 6.07) is 14.5. The van der Waals surface area contributed by atoms with Gasteiger partial charge in [-0.05, 0) is 43.6 Å². The van der Waals surface area contributed by atoms with E-state index in [2.05, 4.69) is 58.0 Å². The van der Waals surface area contributed by atoms with Crippen molar-refractivity contribution < 1.29 is 14.6 Å². The standard InChI is InChI=1S/C27H31N3O3/c31-27(19-29-12-9-22(27)10-13-29)11-8-21-6-7-26(28-23(21)16-20-4-2-1-3-5-20)30-17-24-25(18-30)33-15-14-32-24/h1-7,22,24-25,31H,9-10,12-19H2/t24-,25-,27-/m1/s1. The van der Waals surface area contributed by atoms with Gasteiger partial charge in [-0.15, -0.1) is 0 Å². The molecule has 6 heteroatoms. The monoisotopic (exact) mass is 445 g/mol. The van der Waals surface area contributed by atoms with Gasteiger partial charge in [0, 0.05) is 37.5 Å². The molecule has 2 aromatic rings. The summed E-state index contributed by atoms with van der Waals surface area (Å²) in [7, 11) is 0. The van der Waals surface area contributed by atoms with Gasteiger partial charge < -0.3 is 19.5 Å². The number of hydrogen-bond acceptors (Lipinski definition) is 6. The lowest BCUT2D eigenvalue weighted by Crippen LogP contribution is -2.58. The lowest BCUT2D eigenvalue weighted by Gasteiger charge is -2.47. The summed E-state index contributed by atoms with van der Waals surface area (Å²) < 4.78 is 11.8. The van der Waals surface area contributed by atoms with Gasteiger partial charge in [0.1, 0.15) is 23.6 Å². The summed E-state index contributed by atoms with van der Waals surface area (Å²) in [5, 5.41) is 11.3. The second kappa shape index (κ2) is 8.73. The Morgan fingerprint density at radius 2 is 1.73 bits per heavy atom. The van der Waals surface area contributed by atoms with E-state index in [1.54, 1.807) is 0 Å². The number of pyridine rings is 1. The molecule has 7 rings (SSSR count). The topological polar surface area (TPSA) is 58.1 Å². The van der Waals surface area contributed by atoms with Crippen LogP contribution in [0.4, 0.5) is 5.82 Å². The van der Waals surface area contributed by atoms with E-state index >= 15 is 0 Å². The van der Waals surface area contributed by atoms with Gasteiger partial charge in [-0.2, -0.15) is 0 Å². The van der Waals surface area contributed by atoms with E-state index in [-0.39, 0.29) is 18.1 Å². The highest BCUT2D eigenvalue weighted by molar-refractivity contribution is 5.50. The minimum Gasteiger partial charge on any atom is -0.376 e. The number of fused-ring (bicyclic) bond motifs is 4. The van der Waals surface area contributed by atoms with E-state index in [4.69, 9.17) is 14.5 Å². The number of benzene rings is 1. The molecule has 0 radical (unpaired) electrons. The molecule has 172 valence electrons. The molecule has 0 saturated carbocycles. The van der Waals surface area contributed by atoms with Crippen molar-refractivity contribution in [3.05, 3.63) is 59.3 Å². The zero-order chi connectivity index (χ0) is 22.3. The maximum Gasteiger partial charge on any atom is 0.141 e. The van der Waals surface area contributed by atoms with Crippen LogP contribution < -0.4 is 4.90 Å². The van der Waals surface area contributed by atoms with Crippen LogP contribution >= 0.6 is 0 Å². The van der Waals surface area contributed by atoms with Crippen molar-refractivity contribution >= 4 is 5.82 Å². The zero-order valence-corrected chi connectivity index (χ0v) is 18.9. The Labute approximate surface area is 195 Å². The Balaban J connectivity index is 1.30. The molecule has 5 aliphatic rings. The molecule has 5 fully saturated rings. The summed E-state index contributed by atoms with van der Waals surface area (Å²) in [4.78, 5) is 9.65. The SMILES string of the molecule is O[C@]1(C#Cc2ccc(N3C[C@H]4OCCO[C@@H]4C3)nc2Cc2ccccc2)CN2CCC1CC2. The van der Waals surface area contributed by atoms with Crippen LogP contribution in [-0.4, -0.2) is 78.7 Å². The lowest BCUT2D eigenvalue weighted by molar-refractivity contribution is -0.116. The lowest BCUT2D eigenvalue weighted by atomic mass is 9.75. The van der Waals surface area contributed by atoms with Crippen LogP contribution in [0, 0.1) is 17.8 Å². The minimum absolute atomic E-state index is 0.114. The summed E-state index contributed by atoms with van der Waals surface area (Å²) in [6.45, 7) is 5.73. The first-order valence-corrected chi connectivity index (χ1v) is 12.2. The molecule has 0 unspecified atom stereocenters. The molecule has 33 heavy (non-hydrogen) atoms. The molecule has 6 nitrogen and oxygen atoms in total. The Kier molecular flexibility index (Phi) is 5.59. The molecule has 0 spiro atoms. The predicted octanol–water partition coefficient (Wildman–Crippen LogP) is 2.08. The molecule has 1 aromatic carbocycles. The molecule has 6 heterocycles. The number of rotatable bonds is 3. The van der Waals surface area contributed by atoms with Crippen molar-refractivity contribution in [2.45, 2.75) is 37.1 Å². The van der Waals surface area contributed by atoms with E-state index in [0.717, 1.165) is 56.1 Å². The van der Waals surface area contributed by atoms with E-state index in [1.165, 1.54) is 5.56 Å². The number of ether oxygens (including phenoxy) is 2. The van der Waals surface area contributed by atoms with E-state index < -0.39 is 5.60 Å². The van der Waals surface area contributed by atoms with Crippen molar-refractivity contribution in [3.8, 4) is 11.8 Å². The first kappa shape index (κ1) is 21.1. The highest BCUT2D eigenvalue weighted by Crippen LogP contribution is 2.35. The van der Waals surface area contributed by atoms with E-state index in [1.807, 2.05) is 6.07 Å². The van der Waals surface area contributed by atoms with Gasteiger partial charge in [-0.3, -0.25) is 4.90 Å². The largest absolute Gasteiger partial charge is 0.376 e. The number of aromatic nitrogens is 1. The summed E-state index contributed by atoms with van der Waals surface area (Å²) in [5.74, 6) is 7.82. The number of aliphatic hydroxyl groups is 1. The fourth-order valence-electron chi connectivity index (χ4n) is 5.71. The normalized spacial score (nSPS) is 32.8. The Bertz CT molecular complexity index is 1040. The van der Waals surface area contributed by atoms with Gasteiger partial charge in [0.25, 0.3) is 0 Å². The number of hydrogen-bond donors (Lipinski definition) is 1. The second-order valence-corrected chi connectivity index (χ2v) is 9.77. The highest BCUT2D eigenvalue weighted by atomic mass is 16.6. The molecular formula is C27H31N3O3. The van der Waals surface area contributed by atoms with Gasteiger partial charge >= 0.3 is 0 Å². The second-order valence-electron chi connectivity index (χ2n) is 9.77. The minimum atomic E-state index is -0.918. The average Bonchev–Trinajstić information content (AvgIpc) is 3.29. The van der Waals surface area contributed by atoms with Crippen LogP contribution in [0.5, 0.6) is 0 Å². The van der Waals surface area contributed by atoms with Gasteiger partial charge in [0.2, 0.25) is 0 Å². The van der Waals surface area contributed by atoms with E-state index in [0.29, 0.717) is 26.2 Å². The summed E-state index contributed by atoms with van der Waals surface area (Å²) in [6.07, 6.45) is 2.99. The summed E-state index contributed by atoms with van der Waals surface area (Å²) in [5.41, 5.74) is 2.14. The molecule has 5 aliphatic heterocycles. The van der Waals surface area contributed by atoms with Crippen molar-refractivity contribution in [3.63, 3.8) is 0 Å². The molecule has 2 bridgehead atoms. The number of anilines is 1. The Morgan fingerprint density at radius 3 is 2.39 bits per heavy atom. The van der Waals surface area contributed by atoms with Gasteiger partial charge in [0.05, 0.1) is 18.9 Å². The molecule has 0 amide bonds. The third-order valence-corrected chi connectivity index (χ3v) is 7.60. The fourth-order valence-corrected chi connectivity index (χ4v) is 5.71. The zero-order valence-electron chi connectivity index (χ0n) is 18.9. The van der Waals surface area contributed by atoms with Crippen LogP contribution in [0.15, 0.2) is 42.5 Å². The maximum atomic E-state index is 11.3. The van der Waals surface area contributed by atoms with Gasteiger partial charge in [-0.1, -0.05) is 42.2 Å². The third kappa shape index (κ3) is 4.27. The third-order valence-electron chi connectivity index (χ3n) is 7.60. The molecule has 1 aromatic heterocycles. The molecule has 3 atom stereocenters. The first-order valence-electron chi connectivity index (χ1n) is 12.2. The Morgan fingerprint density at radius 1 is 1.00 bits per heavy atom. The molecular weight excluding hydrogens is 414 g/mol. The Hall–Kier alpha value is -2.43. The van der Waals surface area contributed by atoms with E-state index in [9.17, 15) is 5.11 Å². The van der Waals surface area contributed by atoms with Crippen molar-refractivity contribution in [2.75, 3.05) is 50.8 Å². The van der Waals surface area contributed by atoms with Gasteiger partial charge in [0.15, 0.2) is 0 Å². The fraction of sp³-hybridized carbons (Fsp3) is 0.519. The summed E-state index contributed by atoms with van der Waals surface area (Å²) >= 11 is 0. The smallest absolute Gasteiger partial charge is 0.141 e. The van der Waals surface area contributed by atoms with Crippen LogP contribution in [0.3, 0.4) is 0 Å². The molecule has 0 aliphatic carbocycles. The van der Waals surface area contributed by atoms with Crippen LogP contribution in [-0.2, 0) is 15.9 Å². The van der Waals surface area contributed by atoms with Gasteiger partial charge in [-0.25, -0.2) is 4.98 Å². The highest BCUT2D eigenvalue weighted by Gasteiger charge is 2.44. The quantitative estimate of drug-likeness (QED) is 0.731. The van der Waals surface area contributed by atoms with Crippen molar-refractivity contribution in [1.29, 1.82) is 0 Å². The number of piperidine rings is 3. The average molecular weight is 446 g/mol. The van der Waals surface area contributed by atoms with Crippen molar-refractivity contribution in [2.24, 2.45) is 5.92 Å². The molecule has 1 N–H and O–H groups in total. The van der Waals surface area contributed by atoms with Crippen LogP contribution in [0.2, 0.25) is 0 Å². The first-order chi connectivity index (χ1) is 16.2. The number of nitrogens with zero attached hydrogens (tertiary/aromatic N) is 3. The van der Waals surface area contributed by atoms with Crippen molar-refractivity contribution in [1.82, 2.24) is 9.88 Å². The molecule has 5 saturated heterocycles. The maximum absolute atomic E-state index is 11.3. The predicted molar refractivity (Wildman–Crippen MR) is 126 cm³/mol. The van der Waals surface area contributed by atoms with Crippen LogP contribution in [0.25, 0.3) is 0 Å². The van der Waals surface area contributed by atoms with Crippen LogP contribution in [0.1, 0.15) is 29.7 Å².